The van der Waals surface area contributed by atoms with Crippen LogP contribution in [0.5, 0.6) is 0 Å². The van der Waals surface area contributed by atoms with Crippen LogP contribution in [0.3, 0.4) is 0 Å². The number of rotatable bonds is 2. The summed E-state index contributed by atoms with van der Waals surface area (Å²) in [5.41, 5.74) is 0.986. The van der Waals surface area contributed by atoms with Crippen LogP contribution in [-0.2, 0) is 18.9 Å². The van der Waals surface area contributed by atoms with E-state index in [-0.39, 0.29) is 5.79 Å². The maximum Gasteiger partial charge on any atom is 0.227 e. The smallest absolute Gasteiger partial charge is 0.227 e. The zero-order valence-electron chi connectivity index (χ0n) is 17.2. The molecule has 2 spiro atoms. The zero-order chi connectivity index (χ0) is 20.0. The van der Waals surface area contributed by atoms with Gasteiger partial charge >= 0.3 is 0 Å². The SMILES string of the molecule is c1ccc2c(N3CCC4(CC3)OCCO4)nc(N3CCC4(CC3)OCCO4)nc2c1. The van der Waals surface area contributed by atoms with Crippen molar-refractivity contribution in [3.05, 3.63) is 24.3 Å². The fourth-order valence-corrected chi connectivity index (χ4v) is 5.11. The van der Waals surface area contributed by atoms with Gasteiger partial charge in [0.2, 0.25) is 5.95 Å². The molecule has 4 saturated heterocycles. The van der Waals surface area contributed by atoms with E-state index in [1.165, 1.54) is 0 Å². The van der Waals surface area contributed by atoms with Crippen molar-refractivity contribution in [1.29, 1.82) is 0 Å². The van der Waals surface area contributed by atoms with Crippen molar-refractivity contribution in [1.82, 2.24) is 9.97 Å². The van der Waals surface area contributed by atoms with Crippen LogP contribution in [0.2, 0.25) is 0 Å². The second-order valence-corrected chi connectivity index (χ2v) is 8.55. The molecule has 0 N–H and O–H groups in total. The molecule has 0 unspecified atom stereocenters. The Labute approximate surface area is 176 Å². The normalized spacial score (nSPS) is 25.6. The summed E-state index contributed by atoms with van der Waals surface area (Å²) in [6, 6.07) is 8.29. The van der Waals surface area contributed by atoms with Gasteiger partial charge in [0, 0.05) is 57.2 Å². The standard InChI is InChI=1S/C22H28N4O4/c1-2-4-18-17(3-1)19(25-9-5-21(6-10-25)27-13-14-28-21)24-20(23-18)26-11-7-22(8-12-26)29-15-16-30-22/h1-4H,5-16H2. The number of anilines is 2. The van der Waals surface area contributed by atoms with Gasteiger partial charge in [0.25, 0.3) is 0 Å². The maximum atomic E-state index is 5.90. The number of benzene rings is 1. The minimum atomic E-state index is -0.390. The molecule has 0 radical (unpaired) electrons. The summed E-state index contributed by atoms with van der Waals surface area (Å²) < 4.78 is 23.6. The number of hydrogen-bond acceptors (Lipinski definition) is 8. The molecule has 0 aliphatic carbocycles. The molecule has 2 aromatic rings. The molecule has 4 aliphatic heterocycles. The monoisotopic (exact) mass is 412 g/mol. The molecule has 0 saturated carbocycles. The summed E-state index contributed by atoms with van der Waals surface area (Å²) in [6.07, 6.45) is 3.42. The van der Waals surface area contributed by atoms with Gasteiger partial charge in [-0.25, -0.2) is 4.98 Å². The number of piperidine rings is 2. The molecule has 4 fully saturated rings. The third kappa shape index (κ3) is 3.22. The lowest BCUT2D eigenvalue weighted by Gasteiger charge is -2.39. The minimum Gasteiger partial charge on any atom is -0.356 e. The molecular weight excluding hydrogens is 384 g/mol. The van der Waals surface area contributed by atoms with Crippen molar-refractivity contribution in [3.63, 3.8) is 0 Å². The predicted octanol–water partition coefficient (Wildman–Crippen LogP) is 2.32. The van der Waals surface area contributed by atoms with E-state index in [4.69, 9.17) is 28.9 Å². The van der Waals surface area contributed by atoms with Crippen molar-refractivity contribution in [2.45, 2.75) is 37.3 Å². The lowest BCUT2D eigenvalue weighted by Crippen LogP contribution is -2.46. The lowest BCUT2D eigenvalue weighted by atomic mass is 10.0. The quantitative estimate of drug-likeness (QED) is 0.745. The van der Waals surface area contributed by atoms with Crippen LogP contribution in [0.15, 0.2) is 24.3 Å². The summed E-state index contributed by atoms with van der Waals surface area (Å²) >= 11 is 0. The lowest BCUT2D eigenvalue weighted by molar-refractivity contribution is -0.169. The molecule has 0 amide bonds. The fraction of sp³-hybridized carbons (Fsp3) is 0.636. The number of fused-ring (bicyclic) bond motifs is 1. The Morgan fingerprint density at radius 3 is 1.80 bits per heavy atom. The minimum absolute atomic E-state index is 0.384. The van der Waals surface area contributed by atoms with Crippen molar-refractivity contribution in [2.24, 2.45) is 0 Å². The van der Waals surface area contributed by atoms with Crippen molar-refractivity contribution < 1.29 is 18.9 Å². The van der Waals surface area contributed by atoms with Gasteiger partial charge in [0.05, 0.1) is 31.9 Å². The first-order valence-corrected chi connectivity index (χ1v) is 11.1. The average molecular weight is 412 g/mol. The number of para-hydroxylation sites is 1. The van der Waals surface area contributed by atoms with E-state index in [2.05, 4.69) is 28.0 Å². The van der Waals surface area contributed by atoms with Crippen molar-refractivity contribution >= 4 is 22.7 Å². The highest BCUT2D eigenvalue weighted by Crippen LogP contribution is 2.37. The van der Waals surface area contributed by atoms with Gasteiger partial charge in [0.15, 0.2) is 11.6 Å². The highest BCUT2D eigenvalue weighted by atomic mass is 16.7. The Kier molecular flexibility index (Phi) is 4.56. The molecule has 160 valence electrons. The van der Waals surface area contributed by atoms with E-state index in [1.54, 1.807) is 0 Å². The molecule has 0 bridgehead atoms. The average Bonchev–Trinajstić information content (AvgIpc) is 3.44. The summed E-state index contributed by atoms with van der Waals surface area (Å²) in [6.45, 7) is 6.19. The summed E-state index contributed by atoms with van der Waals surface area (Å²) in [7, 11) is 0. The van der Waals surface area contributed by atoms with Crippen molar-refractivity contribution in [2.75, 3.05) is 62.4 Å². The molecule has 6 rings (SSSR count). The highest BCUT2D eigenvalue weighted by molar-refractivity contribution is 5.90. The summed E-state index contributed by atoms with van der Waals surface area (Å²) in [5.74, 6) is 1.03. The van der Waals surface area contributed by atoms with Crippen LogP contribution in [0.1, 0.15) is 25.7 Å². The Morgan fingerprint density at radius 2 is 1.20 bits per heavy atom. The van der Waals surface area contributed by atoms with Crippen LogP contribution >= 0.6 is 0 Å². The van der Waals surface area contributed by atoms with Gasteiger partial charge in [0.1, 0.15) is 5.82 Å². The number of ether oxygens (including phenoxy) is 4. The molecule has 0 atom stereocenters. The van der Waals surface area contributed by atoms with Crippen LogP contribution in [0.25, 0.3) is 10.9 Å². The first-order chi connectivity index (χ1) is 14.7. The fourth-order valence-electron chi connectivity index (χ4n) is 5.11. The predicted molar refractivity (Wildman–Crippen MR) is 112 cm³/mol. The van der Waals surface area contributed by atoms with Gasteiger partial charge in [-0.15, -0.1) is 0 Å². The third-order valence-electron chi connectivity index (χ3n) is 6.83. The Hall–Kier alpha value is -2.00. The van der Waals surface area contributed by atoms with E-state index in [1.807, 2.05) is 6.07 Å². The first kappa shape index (κ1) is 18.7. The van der Waals surface area contributed by atoms with Gasteiger partial charge in [-0.2, -0.15) is 4.98 Å². The highest BCUT2D eigenvalue weighted by Gasteiger charge is 2.42. The van der Waals surface area contributed by atoms with E-state index in [0.29, 0.717) is 26.4 Å². The molecular formula is C22H28N4O4. The third-order valence-corrected chi connectivity index (χ3v) is 6.83. The van der Waals surface area contributed by atoms with E-state index in [9.17, 15) is 0 Å². The van der Waals surface area contributed by atoms with E-state index >= 15 is 0 Å². The van der Waals surface area contributed by atoms with Gasteiger partial charge in [-0.3, -0.25) is 0 Å². The topological polar surface area (TPSA) is 69.2 Å². The number of nitrogens with zero attached hydrogens (tertiary/aromatic N) is 4. The van der Waals surface area contributed by atoms with Crippen LogP contribution in [-0.4, -0.2) is 74.1 Å². The van der Waals surface area contributed by atoms with Gasteiger partial charge < -0.3 is 28.7 Å². The largest absolute Gasteiger partial charge is 0.356 e. The molecule has 8 nitrogen and oxygen atoms in total. The second kappa shape index (κ2) is 7.30. The van der Waals surface area contributed by atoms with Crippen LogP contribution < -0.4 is 9.80 Å². The maximum absolute atomic E-state index is 5.90. The van der Waals surface area contributed by atoms with Gasteiger partial charge in [-0.05, 0) is 12.1 Å². The zero-order valence-corrected chi connectivity index (χ0v) is 17.2. The summed E-state index contributed by atoms with van der Waals surface area (Å²) in [5, 5.41) is 1.10. The number of aromatic nitrogens is 2. The van der Waals surface area contributed by atoms with Gasteiger partial charge in [-0.1, -0.05) is 12.1 Å². The molecule has 8 heteroatoms. The van der Waals surface area contributed by atoms with E-state index in [0.717, 1.165) is 74.5 Å². The van der Waals surface area contributed by atoms with Crippen LogP contribution in [0.4, 0.5) is 11.8 Å². The Bertz CT molecular complexity index is 906. The Balaban J connectivity index is 1.27. The van der Waals surface area contributed by atoms with Crippen LogP contribution in [0, 0.1) is 0 Å². The van der Waals surface area contributed by atoms with Crippen molar-refractivity contribution in [3.8, 4) is 0 Å². The Morgan fingerprint density at radius 1 is 0.667 bits per heavy atom. The van der Waals surface area contributed by atoms with E-state index < -0.39 is 5.79 Å². The molecule has 1 aromatic heterocycles. The molecule has 1 aromatic carbocycles. The molecule has 4 aliphatic rings. The number of hydrogen-bond donors (Lipinski definition) is 0. The molecule has 30 heavy (non-hydrogen) atoms. The summed E-state index contributed by atoms with van der Waals surface area (Å²) in [4.78, 5) is 14.6. The molecule has 5 heterocycles. The second-order valence-electron chi connectivity index (χ2n) is 8.55. The first-order valence-electron chi connectivity index (χ1n) is 11.1.